The van der Waals surface area contributed by atoms with Gasteiger partial charge in [-0.3, -0.25) is 9.78 Å². The number of nitrogens with zero attached hydrogens (tertiary/aromatic N) is 3. The van der Waals surface area contributed by atoms with Crippen molar-refractivity contribution in [3.05, 3.63) is 30.1 Å². The maximum absolute atomic E-state index is 11.8. The number of hydrogen-bond acceptors (Lipinski definition) is 5. The van der Waals surface area contributed by atoms with Crippen LogP contribution in [0.4, 0.5) is 0 Å². The van der Waals surface area contributed by atoms with Crippen LogP contribution in [0, 0.1) is 34.0 Å². The van der Waals surface area contributed by atoms with E-state index in [0.717, 1.165) is 5.56 Å². The minimum Gasteiger partial charge on any atom is -0.466 e. The largest absolute Gasteiger partial charge is 0.466 e. The van der Waals surface area contributed by atoms with Gasteiger partial charge in [0, 0.05) is 18.3 Å². The molecule has 5 heteroatoms. The second-order valence-electron chi connectivity index (χ2n) is 4.08. The van der Waals surface area contributed by atoms with Gasteiger partial charge in [-0.15, -0.1) is 0 Å². The number of esters is 1. The van der Waals surface area contributed by atoms with Gasteiger partial charge < -0.3 is 4.74 Å². The standard InChI is InChI=1S/C13H11N3O2/c1-2-18-12(17)11-10(13(11,7-14)8-15)9-3-5-16-6-4-9/h3-6,10-11H,2H2,1H3/t10-,11+/m0/s1. The number of ether oxygens (including phenoxy) is 1. The lowest BCUT2D eigenvalue weighted by molar-refractivity contribution is -0.145. The van der Waals surface area contributed by atoms with Crippen molar-refractivity contribution in [2.24, 2.45) is 11.3 Å². The molecule has 90 valence electrons. The van der Waals surface area contributed by atoms with E-state index in [4.69, 9.17) is 4.74 Å². The van der Waals surface area contributed by atoms with Gasteiger partial charge in [0.1, 0.15) is 0 Å². The Labute approximate surface area is 105 Å². The zero-order chi connectivity index (χ0) is 13.2. The van der Waals surface area contributed by atoms with E-state index in [1.54, 1.807) is 31.5 Å². The first-order valence-electron chi connectivity index (χ1n) is 5.60. The molecule has 18 heavy (non-hydrogen) atoms. The molecule has 0 unspecified atom stereocenters. The quantitative estimate of drug-likeness (QED) is 0.746. The lowest BCUT2D eigenvalue weighted by atomic mass is 10.0. The molecule has 0 aliphatic heterocycles. The molecule has 2 rings (SSSR count). The monoisotopic (exact) mass is 241 g/mol. The predicted octanol–water partition coefficient (Wildman–Crippen LogP) is 1.39. The number of carbonyl (C=O) groups excluding carboxylic acids is 1. The highest BCUT2D eigenvalue weighted by atomic mass is 16.5. The average Bonchev–Trinajstić information content (AvgIpc) is 3.09. The summed E-state index contributed by atoms with van der Waals surface area (Å²) in [6.07, 6.45) is 3.16. The molecule has 1 aliphatic carbocycles. The van der Waals surface area contributed by atoms with Crippen molar-refractivity contribution in [2.75, 3.05) is 6.61 Å². The number of nitriles is 2. The molecule has 0 bridgehead atoms. The number of rotatable bonds is 3. The zero-order valence-corrected chi connectivity index (χ0v) is 9.83. The summed E-state index contributed by atoms with van der Waals surface area (Å²) in [7, 11) is 0. The van der Waals surface area contributed by atoms with Crippen LogP contribution in [0.2, 0.25) is 0 Å². The van der Waals surface area contributed by atoms with Crippen LogP contribution < -0.4 is 0 Å². The normalized spacial score (nSPS) is 23.5. The highest BCUT2D eigenvalue weighted by molar-refractivity contribution is 5.82. The van der Waals surface area contributed by atoms with E-state index in [9.17, 15) is 15.3 Å². The third kappa shape index (κ3) is 1.61. The summed E-state index contributed by atoms with van der Waals surface area (Å²) in [6.45, 7) is 1.94. The summed E-state index contributed by atoms with van der Waals surface area (Å²) in [6, 6.07) is 7.35. The van der Waals surface area contributed by atoms with E-state index in [1.807, 2.05) is 12.1 Å². The van der Waals surface area contributed by atoms with Gasteiger partial charge in [-0.2, -0.15) is 10.5 Å². The maximum Gasteiger partial charge on any atom is 0.312 e. The zero-order valence-electron chi connectivity index (χ0n) is 9.83. The van der Waals surface area contributed by atoms with Crippen molar-refractivity contribution in [1.82, 2.24) is 4.98 Å². The fourth-order valence-electron chi connectivity index (χ4n) is 2.27. The molecule has 0 saturated heterocycles. The Morgan fingerprint density at radius 1 is 1.44 bits per heavy atom. The fourth-order valence-corrected chi connectivity index (χ4v) is 2.27. The van der Waals surface area contributed by atoms with Gasteiger partial charge >= 0.3 is 5.97 Å². The Balaban J connectivity index is 2.34. The Morgan fingerprint density at radius 2 is 2.06 bits per heavy atom. The van der Waals surface area contributed by atoms with Crippen molar-refractivity contribution in [1.29, 1.82) is 10.5 Å². The summed E-state index contributed by atoms with van der Waals surface area (Å²) in [4.78, 5) is 15.7. The minimum absolute atomic E-state index is 0.241. The van der Waals surface area contributed by atoms with Crippen LogP contribution in [0.5, 0.6) is 0 Å². The molecular weight excluding hydrogens is 230 g/mol. The van der Waals surface area contributed by atoms with E-state index in [0.29, 0.717) is 0 Å². The van der Waals surface area contributed by atoms with Gasteiger partial charge in [0.15, 0.2) is 5.41 Å². The third-order valence-electron chi connectivity index (χ3n) is 3.18. The molecule has 1 fully saturated rings. The van der Waals surface area contributed by atoms with Crippen LogP contribution in [0.3, 0.4) is 0 Å². The summed E-state index contributed by atoms with van der Waals surface area (Å²) in [5, 5.41) is 18.4. The molecular formula is C13H11N3O2. The van der Waals surface area contributed by atoms with Crippen molar-refractivity contribution in [2.45, 2.75) is 12.8 Å². The summed E-state index contributed by atoms with van der Waals surface area (Å²) in [5.74, 6) is -1.60. The molecule has 0 spiro atoms. The highest BCUT2D eigenvalue weighted by Gasteiger charge is 2.71. The topological polar surface area (TPSA) is 86.8 Å². The van der Waals surface area contributed by atoms with Crippen LogP contribution in [0.15, 0.2) is 24.5 Å². The Hall–Kier alpha value is -2.40. The van der Waals surface area contributed by atoms with E-state index in [1.165, 1.54) is 0 Å². The fraction of sp³-hybridized carbons (Fsp3) is 0.385. The summed E-state index contributed by atoms with van der Waals surface area (Å²) >= 11 is 0. The van der Waals surface area contributed by atoms with E-state index >= 15 is 0 Å². The Bertz CT molecular complexity index is 528. The lowest BCUT2D eigenvalue weighted by Crippen LogP contribution is -2.11. The molecule has 1 aromatic heterocycles. The number of carbonyl (C=O) groups is 1. The SMILES string of the molecule is CCOC(=O)[C@H]1[C@H](c2ccncc2)C1(C#N)C#N. The van der Waals surface area contributed by atoms with Crippen molar-refractivity contribution in [3.8, 4) is 12.1 Å². The summed E-state index contributed by atoms with van der Waals surface area (Å²) < 4.78 is 4.92. The van der Waals surface area contributed by atoms with Crippen LogP contribution in [-0.2, 0) is 9.53 Å². The maximum atomic E-state index is 11.8. The first-order valence-corrected chi connectivity index (χ1v) is 5.60. The van der Waals surface area contributed by atoms with Crippen molar-refractivity contribution < 1.29 is 9.53 Å². The molecule has 0 amide bonds. The molecule has 0 N–H and O–H groups in total. The molecule has 1 heterocycles. The smallest absolute Gasteiger partial charge is 0.312 e. The Kier molecular flexibility index (Phi) is 2.99. The van der Waals surface area contributed by atoms with Crippen LogP contribution in [0.25, 0.3) is 0 Å². The molecule has 0 aromatic carbocycles. The third-order valence-corrected chi connectivity index (χ3v) is 3.18. The summed E-state index contributed by atoms with van der Waals surface area (Å²) in [5.41, 5.74) is -0.528. The van der Waals surface area contributed by atoms with Gasteiger partial charge in [0.05, 0.1) is 24.7 Å². The average molecular weight is 241 g/mol. The minimum atomic E-state index is -1.30. The first kappa shape index (κ1) is 12.1. The number of hydrogen-bond donors (Lipinski definition) is 0. The molecule has 1 aliphatic rings. The molecule has 1 aromatic rings. The number of pyridine rings is 1. The molecule has 1 saturated carbocycles. The van der Waals surface area contributed by atoms with Crippen LogP contribution in [0.1, 0.15) is 18.4 Å². The second-order valence-corrected chi connectivity index (χ2v) is 4.08. The first-order chi connectivity index (χ1) is 8.71. The molecule has 0 radical (unpaired) electrons. The second kappa shape index (κ2) is 4.46. The predicted molar refractivity (Wildman–Crippen MR) is 60.8 cm³/mol. The highest BCUT2D eigenvalue weighted by Crippen LogP contribution is 2.64. The van der Waals surface area contributed by atoms with Crippen molar-refractivity contribution in [3.63, 3.8) is 0 Å². The van der Waals surface area contributed by atoms with Gasteiger partial charge in [0.25, 0.3) is 0 Å². The van der Waals surface area contributed by atoms with Crippen molar-refractivity contribution >= 4 is 5.97 Å². The van der Waals surface area contributed by atoms with E-state index < -0.39 is 23.2 Å². The van der Waals surface area contributed by atoms with E-state index in [-0.39, 0.29) is 6.61 Å². The molecule has 2 atom stereocenters. The van der Waals surface area contributed by atoms with Gasteiger partial charge in [-0.05, 0) is 24.6 Å². The Morgan fingerprint density at radius 3 is 2.56 bits per heavy atom. The molecule has 5 nitrogen and oxygen atoms in total. The van der Waals surface area contributed by atoms with Crippen LogP contribution in [-0.4, -0.2) is 17.6 Å². The van der Waals surface area contributed by atoms with Gasteiger partial charge in [-0.25, -0.2) is 0 Å². The van der Waals surface area contributed by atoms with Crippen LogP contribution >= 0.6 is 0 Å². The number of aromatic nitrogens is 1. The van der Waals surface area contributed by atoms with Gasteiger partial charge in [0.2, 0.25) is 0 Å². The van der Waals surface area contributed by atoms with Gasteiger partial charge in [-0.1, -0.05) is 0 Å². The lowest BCUT2D eigenvalue weighted by Gasteiger charge is -1.99. The van der Waals surface area contributed by atoms with E-state index in [2.05, 4.69) is 4.98 Å².